The van der Waals surface area contributed by atoms with Crippen molar-refractivity contribution in [2.24, 2.45) is 0 Å². The molecule has 2 aromatic rings. The molecule has 0 saturated carbocycles. The lowest BCUT2D eigenvalue weighted by Gasteiger charge is -2.34. The van der Waals surface area contributed by atoms with Gasteiger partial charge in [0.15, 0.2) is 0 Å². The molecule has 7 nitrogen and oxygen atoms in total. The van der Waals surface area contributed by atoms with Gasteiger partial charge in [0.2, 0.25) is 5.91 Å². The molecule has 0 fully saturated rings. The Morgan fingerprint density at radius 1 is 1.07 bits per heavy atom. The number of methoxy groups -OCH3 is 1. The summed E-state index contributed by atoms with van der Waals surface area (Å²) >= 11 is 0. The topological polar surface area (TPSA) is 82.7 Å². The minimum absolute atomic E-state index is 0.0177. The number of amides is 3. The lowest BCUT2D eigenvalue weighted by Crippen LogP contribution is -2.46. The van der Waals surface area contributed by atoms with Crippen LogP contribution in [0.2, 0.25) is 0 Å². The average molecular weight is 382 g/mol. The fraction of sp³-hybridized carbons (Fsp3) is 0.333. The van der Waals surface area contributed by atoms with Gasteiger partial charge in [-0.25, -0.2) is 4.79 Å². The van der Waals surface area contributed by atoms with E-state index in [0.717, 1.165) is 13.0 Å². The average Bonchev–Trinajstić information content (AvgIpc) is 2.66. The molecule has 1 aliphatic rings. The Labute approximate surface area is 165 Å². The zero-order chi connectivity index (χ0) is 19.9. The van der Waals surface area contributed by atoms with Crippen molar-refractivity contribution >= 4 is 23.3 Å². The van der Waals surface area contributed by atoms with Gasteiger partial charge in [0, 0.05) is 37.6 Å². The van der Waals surface area contributed by atoms with E-state index in [4.69, 9.17) is 4.74 Å². The number of urea groups is 1. The van der Waals surface area contributed by atoms with E-state index in [1.807, 2.05) is 0 Å². The molecule has 7 heteroatoms. The summed E-state index contributed by atoms with van der Waals surface area (Å²) in [6, 6.07) is 15.4. The van der Waals surface area contributed by atoms with E-state index >= 15 is 0 Å². The van der Waals surface area contributed by atoms with E-state index in [9.17, 15) is 9.59 Å². The van der Waals surface area contributed by atoms with E-state index in [1.54, 1.807) is 24.3 Å². The zero-order valence-corrected chi connectivity index (χ0v) is 16.2. The zero-order valence-electron chi connectivity index (χ0n) is 16.2. The number of rotatable bonds is 6. The molecular formula is C21H26N4O3. The van der Waals surface area contributed by atoms with Crippen LogP contribution in [0.5, 0.6) is 0 Å². The van der Waals surface area contributed by atoms with Gasteiger partial charge in [-0.05, 0) is 42.8 Å². The van der Waals surface area contributed by atoms with Crippen LogP contribution < -0.4 is 16.0 Å². The van der Waals surface area contributed by atoms with E-state index in [-0.39, 0.29) is 24.6 Å². The number of carbonyl (C=O) groups is 2. The second-order valence-corrected chi connectivity index (χ2v) is 6.94. The van der Waals surface area contributed by atoms with Crippen molar-refractivity contribution in [1.82, 2.24) is 10.2 Å². The number of hydrogen-bond acceptors (Lipinski definition) is 4. The molecule has 3 rings (SSSR count). The quantitative estimate of drug-likeness (QED) is 0.717. The third-order valence-corrected chi connectivity index (χ3v) is 4.79. The second-order valence-electron chi connectivity index (χ2n) is 6.94. The molecule has 1 heterocycles. The highest BCUT2D eigenvalue weighted by Crippen LogP contribution is 2.21. The van der Waals surface area contributed by atoms with Crippen molar-refractivity contribution in [3.63, 3.8) is 0 Å². The van der Waals surface area contributed by atoms with Crippen LogP contribution in [0.1, 0.15) is 11.1 Å². The summed E-state index contributed by atoms with van der Waals surface area (Å²) in [5.41, 5.74) is 3.89. The van der Waals surface area contributed by atoms with Crippen LogP contribution in [0.15, 0.2) is 48.5 Å². The molecule has 1 aliphatic heterocycles. The number of hydrogen-bond donors (Lipinski definition) is 3. The smallest absolute Gasteiger partial charge is 0.319 e. The molecule has 0 spiro atoms. The Balaban J connectivity index is 1.51. The third-order valence-electron chi connectivity index (χ3n) is 4.79. The number of anilines is 2. The summed E-state index contributed by atoms with van der Waals surface area (Å²) in [7, 11) is 3.54. The van der Waals surface area contributed by atoms with Crippen molar-refractivity contribution in [1.29, 1.82) is 0 Å². The summed E-state index contributed by atoms with van der Waals surface area (Å²) in [6.07, 6.45) is 0.911. The minimum atomic E-state index is -0.271. The van der Waals surface area contributed by atoms with Gasteiger partial charge in [-0.15, -0.1) is 0 Å². The van der Waals surface area contributed by atoms with Crippen LogP contribution >= 0.6 is 0 Å². The van der Waals surface area contributed by atoms with Crippen molar-refractivity contribution < 1.29 is 14.3 Å². The van der Waals surface area contributed by atoms with Gasteiger partial charge in [0.05, 0.1) is 0 Å². The van der Waals surface area contributed by atoms with Gasteiger partial charge in [0.1, 0.15) is 6.61 Å². The normalized spacial score (nSPS) is 16.1. The van der Waals surface area contributed by atoms with Crippen LogP contribution in [-0.2, 0) is 22.5 Å². The number of ether oxygens (including phenoxy) is 1. The number of likely N-dealkylation sites (N-methyl/N-ethyl adjacent to an activating group) is 1. The number of carbonyl (C=O) groups excluding carboxylic acids is 2. The summed E-state index contributed by atoms with van der Waals surface area (Å²) in [5, 5.41) is 8.47. The second kappa shape index (κ2) is 9.34. The Morgan fingerprint density at radius 2 is 1.79 bits per heavy atom. The molecule has 28 heavy (non-hydrogen) atoms. The van der Waals surface area contributed by atoms with Gasteiger partial charge in [0.25, 0.3) is 0 Å². The Hall–Kier alpha value is -2.90. The fourth-order valence-electron chi connectivity index (χ4n) is 3.34. The van der Waals surface area contributed by atoms with E-state index in [1.165, 1.54) is 18.2 Å². The number of fused-ring (bicyclic) bond motifs is 1. The summed E-state index contributed by atoms with van der Waals surface area (Å²) in [6.45, 7) is 1.42. The highest BCUT2D eigenvalue weighted by Gasteiger charge is 2.23. The molecule has 0 bridgehead atoms. The van der Waals surface area contributed by atoms with Crippen molar-refractivity contribution in [3.8, 4) is 0 Å². The van der Waals surface area contributed by atoms with Gasteiger partial charge < -0.3 is 20.7 Å². The van der Waals surface area contributed by atoms with Crippen LogP contribution in [0, 0.1) is 0 Å². The van der Waals surface area contributed by atoms with Crippen molar-refractivity contribution in [2.75, 3.05) is 37.9 Å². The highest BCUT2D eigenvalue weighted by molar-refractivity contribution is 5.94. The number of benzene rings is 2. The van der Waals surface area contributed by atoms with Gasteiger partial charge in [-0.2, -0.15) is 0 Å². The van der Waals surface area contributed by atoms with E-state index < -0.39 is 0 Å². The molecule has 2 aromatic carbocycles. The van der Waals surface area contributed by atoms with E-state index in [0.29, 0.717) is 17.9 Å². The van der Waals surface area contributed by atoms with Crippen molar-refractivity contribution in [2.45, 2.75) is 19.0 Å². The first-order chi connectivity index (χ1) is 13.5. The third kappa shape index (κ3) is 5.31. The van der Waals surface area contributed by atoms with Gasteiger partial charge in [-0.3, -0.25) is 9.69 Å². The molecule has 0 aliphatic carbocycles. The first-order valence-electron chi connectivity index (χ1n) is 9.26. The summed E-state index contributed by atoms with van der Waals surface area (Å²) < 4.78 is 4.80. The molecule has 1 atom stereocenters. The maximum atomic E-state index is 12.3. The number of nitrogens with zero attached hydrogens (tertiary/aromatic N) is 1. The minimum Gasteiger partial charge on any atom is -0.375 e. The maximum Gasteiger partial charge on any atom is 0.319 e. The Morgan fingerprint density at radius 3 is 2.54 bits per heavy atom. The molecule has 0 radical (unpaired) electrons. The molecule has 0 aromatic heterocycles. The molecule has 3 amide bonds. The van der Waals surface area contributed by atoms with Crippen molar-refractivity contribution in [3.05, 3.63) is 59.7 Å². The standard InChI is InChI=1S/C21H26N4O3/c1-25-13-16-7-4-3-6-15(16)10-19(25)12-22-21(27)24-18-9-5-8-17(11-18)23-20(26)14-28-2/h3-9,11,19H,10,12-14H2,1-2H3,(H,23,26)(H2,22,24,27)/t19-/m1/s1. The van der Waals surface area contributed by atoms with Crippen LogP contribution in [0.3, 0.4) is 0 Å². The summed E-state index contributed by atoms with van der Waals surface area (Å²) in [5.74, 6) is -0.246. The molecule has 148 valence electrons. The fourth-order valence-corrected chi connectivity index (χ4v) is 3.34. The van der Waals surface area contributed by atoms with Gasteiger partial charge in [-0.1, -0.05) is 30.3 Å². The molecular weight excluding hydrogens is 356 g/mol. The van der Waals surface area contributed by atoms with E-state index in [2.05, 4.69) is 52.2 Å². The molecule has 0 saturated heterocycles. The van der Waals surface area contributed by atoms with Crippen LogP contribution in [-0.4, -0.2) is 50.2 Å². The first-order valence-corrected chi connectivity index (χ1v) is 9.26. The predicted octanol–water partition coefficient (Wildman–Crippen LogP) is 2.45. The predicted molar refractivity (Wildman–Crippen MR) is 109 cm³/mol. The molecule has 3 N–H and O–H groups in total. The lowest BCUT2D eigenvalue weighted by molar-refractivity contribution is -0.119. The maximum absolute atomic E-state index is 12.3. The SMILES string of the molecule is COCC(=O)Nc1cccc(NC(=O)NC[C@H]2Cc3ccccc3CN2C)c1. The van der Waals surface area contributed by atoms with Crippen LogP contribution in [0.4, 0.5) is 16.2 Å². The first kappa shape index (κ1) is 19.9. The Kier molecular flexibility index (Phi) is 6.62. The lowest BCUT2D eigenvalue weighted by atomic mass is 9.94. The summed E-state index contributed by atoms with van der Waals surface area (Å²) in [4.78, 5) is 26.2. The van der Waals surface area contributed by atoms with Crippen LogP contribution in [0.25, 0.3) is 0 Å². The highest BCUT2D eigenvalue weighted by atomic mass is 16.5. The monoisotopic (exact) mass is 382 g/mol. The number of nitrogens with one attached hydrogen (secondary N) is 3. The largest absolute Gasteiger partial charge is 0.375 e. The Bertz CT molecular complexity index is 840. The molecule has 0 unspecified atom stereocenters. The van der Waals surface area contributed by atoms with Gasteiger partial charge >= 0.3 is 6.03 Å².